The summed E-state index contributed by atoms with van der Waals surface area (Å²) in [6, 6.07) is 0. The molecule has 0 aliphatic heterocycles. The number of amides is 1. The lowest BCUT2D eigenvalue weighted by Crippen LogP contribution is -2.51. The van der Waals surface area contributed by atoms with Gasteiger partial charge in [0.2, 0.25) is 0 Å². The first-order chi connectivity index (χ1) is 9.76. The van der Waals surface area contributed by atoms with Crippen LogP contribution >= 0.6 is 0 Å². The Morgan fingerprint density at radius 1 is 1.05 bits per heavy atom. The van der Waals surface area contributed by atoms with Crippen molar-refractivity contribution in [3.05, 3.63) is 0 Å². The first kappa shape index (κ1) is 14.9. The highest BCUT2D eigenvalue weighted by atomic mass is 16.5. The number of ether oxygens (including phenoxy) is 1. The molecule has 0 aromatic carbocycles. The Kier molecular flexibility index (Phi) is 3.53. The van der Waals surface area contributed by atoms with Gasteiger partial charge in [-0.05, 0) is 77.0 Å². The average Bonchev–Trinajstić information content (AvgIpc) is 2.32. The molecule has 4 fully saturated rings. The molecule has 0 aromatic rings. The number of nitrogens with one attached hydrogen (secondary N) is 1. The Labute approximate surface area is 127 Å². The van der Waals surface area contributed by atoms with Crippen molar-refractivity contribution in [2.24, 2.45) is 23.2 Å². The van der Waals surface area contributed by atoms with Gasteiger partial charge in [-0.3, -0.25) is 9.59 Å². The van der Waals surface area contributed by atoms with Gasteiger partial charge in [0.1, 0.15) is 0 Å². The zero-order valence-electron chi connectivity index (χ0n) is 13.4. The maximum atomic E-state index is 12.6. The van der Waals surface area contributed by atoms with Crippen molar-refractivity contribution in [2.75, 3.05) is 6.61 Å². The second-order valence-corrected chi connectivity index (χ2v) is 8.57. The quantitative estimate of drug-likeness (QED) is 0.814. The molecule has 0 unspecified atom stereocenters. The molecule has 0 aromatic heterocycles. The van der Waals surface area contributed by atoms with Crippen LogP contribution in [0.3, 0.4) is 0 Å². The normalized spacial score (nSPS) is 37.4. The monoisotopic (exact) mass is 293 g/mol. The molecule has 21 heavy (non-hydrogen) atoms. The van der Waals surface area contributed by atoms with Crippen molar-refractivity contribution in [1.82, 2.24) is 5.32 Å². The fourth-order valence-corrected chi connectivity index (χ4v) is 5.10. The molecule has 0 radical (unpaired) electrons. The van der Waals surface area contributed by atoms with Crippen LogP contribution in [-0.2, 0) is 14.3 Å². The molecule has 1 amide bonds. The second kappa shape index (κ2) is 4.99. The van der Waals surface area contributed by atoms with E-state index in [2.05, 4.69) is 5.32 Å². The van der Waals surface area contributed by atoms with Crippen LogP contribution < -0.4 is 5.32 Å². The fraction of sp³-hybridized carbons (Fsp3) is 0.882. The molecular weight excluding hydrogens is 266 g/mol. The highest BCUT2D eigenvalue weighted by molar-refractivity contribution is 5.83. The van der Waals surface area contributed by atoms with Gasteiger partial charge in [-0.2, -0.15) is 0 Å². The van der Waals surface area contributed by atoms with Crippen molar-refractivity contribution < 1.29 is 14.3 Å². The highest BCUT2D eigenvalue weighted by Crippen LogP contribution is 2.60. The Hall–Kier alpha value is -1.06. The van der Waals surface area contributed by atoms with Crippen molar-refractivity contribution in [3.8, 4) is 0 Å². The van der Waals surface area contributed by atoms with Crippen LogP contribution in [0.5, 0.6) is 0 Å². The first-order valence-corrected chi connectivity index (χ1v) is 8.24. The van der Waals surface area contributed by atoms with Gasteiger partial charge in [0, 0.05) is 5.54 Å². The summed E-state index contributed by atoms with van der Waals surface area (Å²) in [5, 5.41) is 2.83. The van der Waals surface area contributed by atoms with Gasteiger partial charge >= 0.3 is 5.97 Å². The Morgan fingerprint density at radius 3 is 1.95 bits per heavy atom. The van der Waals surface area contributed by atoms with Gasteiger partial charge < -0.3 is 10.1 Å². The average molecular weight is 293 g/mol. The van der Waals surface area contributed by atoms with Gasteiger partial charge in [0.05, 0.1) is 5.41 Å². The molecule has 1 N–H and O–H groups in total. The zero-order valence-corrected chi connectivity index (χ0v) is 13.4. The summed E-state index contributed by atoms with van der Waals surface area (Å²) in [7, 11) is 0. The number of rotatable bonds is 3. The minimum atomic E-state index is -0.288. The summed E-state index contributed by atoms with van der Waals surface area (Å²) < 4.78 is 5.38. The number of esters is 1. The molecule has 0 atom stereocenters. The van der Waals surface area contributed by atoms with Crippen LogP contribution in [0.1, 0.15) is 59.3 Å². The molecule has 4 aliphatic carbocycles. The predicted molar refractivity (Wildman–Crippen MR) is 79.5 cm³/mol. The number of carbonyl (C=O) groups excluding carboxylic acids is 2. The minimum Gasteiger partial charge on any atom is -0.455 e. The van der Waals surface area contributed by atoms with E-state index in [9.17, 15) is 9.59 Å². The molecule has 4 nitrogen and oxygen atoms in total. The van der Waals surface area contributed by atoms with Crippen LogP contribution in [-0.4, -0.2) is 24.0 Å². The molecule has 4 heteroatoms. The van der Waals surface area contributed by atoms with Gasteiger partial charge in [-0.25, -0.2) is 0 Å². The minimum absolute atomic E-state index is 0.120. The predicted octanol–water partition coefficient (Wildman–Crippen LogP) is 2.66. The van der Waals surface area contributed by atoms with Gasteiger partial charge in [0.25, 0.3) is 5.91 Å². The van der Waals surface area contributed by atoms with E-state index >= 15 is 0 Å². The second-order valence-electron chi connectivity index (χ2n) is 8.57. The lowest BCUT2D eigenvalue weighted by Gasteiger charge is -2.55. The summed E-state index contributed by atoms with van der Waals surface area (Å²) >= 11 is 0. The molecule has 4 saturated carbocycles. The van der Waals surface area contributed by atoms with Gasteiger partial charge in [-0.15, -0.1) is 0 Å². The van der Waals surface area contributed by atoms with E-state index in [-0.39, 0.29) is 29.4 Å². The Morgan fingerprint density at radius 2 is 1.52 bits per heavy atom. The third kappa shape index (κ3) is 3.09. The molecule has 4 aliphatic rings. The Bertz CT molecular complexity index is 414. The molecule has 0 saturated heterocycles. The maximum Gasteiger partial charge on any atom is 0.312 e. The lowest BCUT2D eigenvalue weighted by molar-refractivity contribution is -0.173. The smallest absolute Gasteiger partial charge is 0.312 e. The molecule has 0 spiro atoms. The van der Waals surface area contributed by atoms with E-state index in [4.69, 9.17) is 4.74 Å². The van der Waals surface area contributed by atoms with E-state index in [1.165, 1.54) is 19.3 Å². The van der Waals surface area contributed by atoms with E-state index in [1.54, 1.807) is 0 Å². The topological polar surface area (TPSA) is 55.4 Å². The van der Waals surface area contributed by atoms with Gasteiger partial charge in [0.15, 0.2) is 6.61 Å². The molecular formula is C17H27NO3. The van der Waals surface area contributed by atoms with Gasteiger partial charge in [-0.1, -0.05) is 0 Å². The SMILES string of the molecule is CC(C)(C)NC(=O)COC(=O)C12CC3CC(CC(C3)C1)C2. The van der Waals surface area contributed by atoms with Crippen molar-refractivity contribution >= 4 is 11.9 Å². The van der Waals surface area contributed by atoms with Crippen LogP contribution in [0.4, 0.5) is 0 Å². The number of hydrogen-bond acceptors (Lipinski definition) is 3. The van der Waals surface area contributed by atoms with E-state index in [0.717, 1.165) is 19.3 Å². The lowest BCUT2D eigenvalue weighted by atomic mass is 9.49. The van der Waals surface area contributed by atoms with E-state index < -0.39 is 0 Å². The standard InChI is InChI=1S/C17H27NO3/c1-16(2,3)18-14(19)10-21-15(20)17-7-11-4-12(8-17)6-13(5-11)9-17/h11-13H,4-10H2,1-3H3,(H,18,19). The molecule has 4 rings (SSSR count). The summed E-state index contributed by atoms with van der Waals surface area (Å²) in [6.07, 6.45) is 6.86. The van der Waals surface area contributed by atoms with E-state index in [1.807, 2.05) is 20.8 Å². The summed E-state index contributed by atoms with van der Waals surface area (Å²) in [5.74, 6) is 1.82. The van der Waals surface area contributed by atoms with Crippen LogP contribution in [0, 0.1) is 23.2 Å². The van der Waals surface area contributed by atoms with Crippen LogP contribution in [0.25, 0.3) is 0 Å². The van der Waals surface area contributed by atoms with Crippen molar-refractivity contribution in [2.45, 2.75) is 64.8 Å². The largest absolute Gasteiger partial charge is 0.455 e. The van der Waals surface area contributed by atoms with E-state index in [0.29, 0.717) is 17.8 Å². The number of hydrogen-bond donors (Lipinski definition) is 1. The molecule has 0 heterocycles. The maximum absolute atomic E-state index is 12.6. The Balaban J connectivity index is 1.57. The van der Waals surface area contributed by atoms with Crippen molar-refractivity contribution in [1.29, 1.82) is 0 Å². The summed E-state index contributed by atoms with van der Waals surface area (Å²) in [5.41, 5.74) is -0.555. The zero-order chi connectivity index (χ0) is 15.3. The fourth-order valence-electron chi connectivity index (χ4n) is 5.10. The van der Waals surface area contributed by atoms with Crippen molar-refractivity contribution in [3.63, 3.8) is 0 Å². The molecule has 4 bridgehead atoms. The highest BCUT2D eigenvalue weighted by Gasteiger charge is 2.55. The number of carbonyl (C=O) groups is 2. The summed E-state index contributed by atoms with van der Waals surface area (Å²) in [4.78, 5) is 24.4. The third-order valence-electron chi connectivity index (χ3n) is 5.32. The van der Waals surface area contributed by atoms with Crippen LogP contribution in [0.2, 0.25) is 0 Å². The summed E-state index contributed by atoms with van der Waals surface area (Å²) in [6.45, 7) is 5.63. The third-order valence-corrected chi connectivity index (χ3v) is 5.32. The van der Waals surface area contributed by atoms with Crippen LogP contribution in [0.15, 0.2) is 0 Å². The first-order valence-electron chi connectivity index (χ1n) is 8.24. The molecule has 118 valence electrons.